The fourth-order valence-electron chi connectivity index (χ4n) is 2.86. The molecular weight excluding hydrogens is 420 g/mol. The van der Waals surface area contributed by atoms with Gasteiger partial charge >= 0.3 is 0 Å². The molecule has 3 aromatic rings. The van der Waals surface area contributed by atoms with E-state index in [1.165, 1.54) is 25.2 Å². The molecule has 0 spiro atoms. The van der Waals surface area contributed by atoms with Gasteiger partial charge in [-0.1, -0.05) is 29.8 Å². The highest BCUT2D eigenvalue weighted by atomic mass is 35.5. The normalized spacial score (nSPS) is 10.3. The summed E-state index contributed by atoms with van der Waals surface area (Å²) in [5.41, 5.74) is 1.88. The summed E-state index contributed by atoms with van der Waals surface area (Å²) in [7, 11) is 1.53. The minimum Gasteiger partial charge on any atom is -0.375 e. The molecule has 158 valence electrons. The number of nitro groups is 1. The van der Waals surface area contributed by atoms with Gasteiger partial charge in [-0.2, -0.15) is 0 Å². The van der Waals surface area contributed by atoms with E-state index in [9.17, 15) is 19.7 Å². The zero-order valence-electron chi connectivity index (χ0n) is 16.5. The summed E-state index contributed by atoms with van der Waals surface area (Å²) in [6.45, 7) is 0.295. The third kappa shape index (κ3) is 5.37. The first kappa shape index (κ1) is 21.8. The minimum atomic E-state index is -0.552. The van der Waals surface area contributed by atoms with Crippen LogP contribution in [0.3, 0.4) is 0 Å². The largest absolute Gasteiger partial charge is 0.375 e. The van der Waals surface area contributed by atoms with Crippen LogP contribution in [0.25, 0.3) is 0 Å². The monoisotopic (exact) mass is 438 g/mol. The van der Waals surface area contributed by atoms with E-state index in [2.05, 4.69) is 16.0 Å². The summed E-state index contributed by atoms with van der Waals surface area (Å²) in [6.07, 6.45) is 0. The zero-order chi connectivity index (χ0) is 22.4. The molecule has 3 rings (SSSR count). The minimum absolute atomic E-state index is 0.130. The summed E-state index contributed by atoms with van der Waals surface area (Å²) in [6, 6.07) is 17.7. The molecule has 0 aromatic heterocycles. The van der Waals surface area contributed by atoms with Crippen LogP contribution in [0, 0.1) is 10.1 Å². The van der Waals surface area contributed by atoms with E-state index >= 15 is 0 Å². The topological polar surface area (TPSA) is 113 Å². The van der Waals surface area contributed by atoms with Crippen molar-refractivity contribution in [3.05, 3.63) is 98.6 Å². The van der Waals surface area contributed by atoms with E-state index < -0.39 is 10.8 Å². The SMILES string of the molecule is CNC(=O)c1ccc(NC(=O)c2ccc(NCc3ccccc3Cl)c([N+](=O)[O-])c2)cc1. The molecule has 9 heteroatoms. The second-order valence-electron chi connectivity index (χ2n) is 6.54. The van der Waals surface area contributed by atoms with Crippen molar-refractivity contribution in [2.45, 2.75) is 6.54 Å². The van der Waals surface area contributed by atoms with Gasteiger partial charge in [-0.15, -0.1) is 0 Å². The summed E-state index contributed by atoms with van der Waals surface area (Å²) < 4.78 is 0. The number of hydrogen-bond acceptors (Lipinski definition) is 5. The number of hydrogen-bond donors (Lipinski definition) is 3. The van der Waals surface area contributed by atoms with Crippen molar-refractivity contribution in [3.63, 3.8) is 0 Å². The second-order valence-corrected chi connectivity index (χ2v) is 6.95. The molecule has 31 heavy (non-hydrogen) atoms. The van der Waals surface area contributed by atoms with Crippen LogP contribution in [-0.2, 0) is 6.54 Å². The van der Waals surface area contributed by atoms with Gasteiger partial charge in [-0.05, 0) is 48.0 Å². The Morgan fingerprint density at radius 2 is 1.65 bits per heavy atom. The Morgan fingerprint density at radius 3 is 2.29 bits per heavy atom. The number of benzene rings is 3. The lowest BCUT2D eigenvalue weighted by molar-refractivity contribution is -0.384. The van der Waals surface area contributed by atoms with Gasteiger partial charge in [-0.25, -0.2) is 0 Å². The third-order valence-electron chi connectivity index (χ3n) is 4.52. The predicted molar refractivity (Wildman–Crippen MR) is 120 cm³/mol. The standard InChI is InChI=1S/C22H19ClN4O4/c1-24-21(28)14-6-9-17(10-7-14)26-22(29)15-8-11-19(20(12-15)27(30)31)25-13-16-4-2-3-5-18(16)23/h2-12,25H,13H2,1H3,(H,24,28)(H,26,29). The number of nitrogens with zero attached hydrogens (tertiary/aromatic N) is 1. The van der Waals surface area contributed by atoms with Crippen LogP contribution in [-0.4, -0.2) is 23.8 Å². The first-order valence-electron chi connectivity index (χ1n) is 9.28. The average molecular weight is 439 g/mol. The second kappa shape index (κ2) is 9.73. The maximum absolute atomic E-state index is 12.5. The van der Waals surface area contributed by atoms with Crippen molar-refractivity contribution in [1.29, 1.82) is 0 Å². The molecule has 3 N–H and O–H groups in total. The smallest absolute Gasteiger partial charge is 0.293 e. The number of rotatable bonds is 7. The summed E-state index contributed by atoms with van der Waals surface area (Å²) in [5.74, 6) is -0.748. The molecular formula is C22H19ClN4O4. The Hall–Kier alpha value is -3.91. The molecule has 0 aliphatic heterocycles. The first-order valence-corrected chi connectivity index (χ1v) is 9.66. The molecule has 0 aliphatic rings. The van der Waals surface area contributed by atoms with Crippen molar-refractivity contribution in [3.8, 4) is 0 Å². The van der Waals surface area contributed by atoms with Gasteiger partial charge in [0.05, 0.1) is 4.92 Å². The number of amides is 2. The lowest BCUT2D eigenvalue weighted by Crippen LogP contribution is -2.18. The Balaban J connectivity index is 1.75. The maximum Gasteiger partial charge on any atom is 0.293 e. The van der Waals surface area contributed by atoms with Gasteiger partial charge in [0.1, 0.15) is 5.69 Å². The third-order valence-corrected chi connectivity index (χ3v) is 4.88. The highest BCUT2D eigenvalue weighted by Crippen LogP contribution is 2.27. The Labute approximate surface area is 183 Å². The zero-order valence-corrected chi connectivity index (χ0v) is 17.3. The molecule has 0 saturated heterocycles. The van der Waals surface area contributed by atoms with Gasteiger partial charge in [-0.3, -0.25) is 19.7 Å². The van der Waals surface area contributed by atoms with Crippen LogP contribution in [0.5, 0.6) is 0 Å². The van der Waals surface area contributed by atoms with Gasteiger partial charge in [0, 0.05) is 41.5 Å². The molecule has 3 aromatic carbocycles. The lowest BCUT2D eigenvalue weighted by Gasteiger charge is -2.10. The molecule has 2 amide bonds. The summed E-state index contributed by atoms with van der Waals surface area (Å²) in [5, 5.41) is 20.3. The van der Waals surface area contributed by atoms with Crippen LogP contribution >= 0.6 is 11.6 Å². The number of nitro benzene ring substituents is 1. The molecule has 0 aliphatic carbocycles. The fraction of sp³-hybridized carbons (Fsp3) is 0.0909. The van der Waals surface area contributed by atoms with E-state index in [0.29, 0.717) is 22.8 Å². The molecule has 0 unspecified atom stereocenters. The van der Waals surface area contributed by atoms with Crippen LogP contribution in [0.2, 0.25) is 5.02 Å². The summed E-state index contributed by atoms with van der Waals surface area (Å²) >= 11 is 6.12. The number of halogens is 1. The molecule has 0 bridgehead atoms. The van der Waals surface area contributed by atoms with Crippen LogP contribution in [0.4, 0.5) is 17.1 Å². The molecule has 0 radical (unpaired) electrons. The van der Waals surface area contributed by atoms with E-state index in [1.807, 2.05) is 12.1 Å². The van der Waals surface area contributed by atoms with Gasteiger partial charge in [0.25, 0.3) is 17.5 Å². The van der Waals surface area contributed by atoms with E-state index in [1.54, 1.807) is 36.4 Å². The Kier molecular flexibility index (Phi) is 6.84. The van der Waals surface area contributed by atoms with E-state index in [4.69, 9.17) is 11.6 Å². The lowest BCUT2D eigenvalue weighted by atomic mass is 10.1. The van der Waals surface area contributed by atoms with Gasteiger partial charge in [0.2, 0.25) is 0 Å². The molecule has 0 fully saturated rings. The number of carbonyl (C=O) groups excluding carboxylic acids is 2. The quantitative estimate of drug-likeness (QED) is 0.372. The highest BCUT2D eigenvalue weighted by Gasteiger charge is 2.18. The Morgan fingerprint density at radius 1 is 0.968 bits per heavy atom. The van der Waals surface area contributed by atoms with E-state index in [0.717, 1.165) is 5.56 Å². The number of nitrogens with one attached hydrogen (secondary N) is 3. The molecule has 8 nitrogen and oxygen atoms in total. The van der Waals surface area contributed by atoms with Crippen LogP contribution in [0.15, 0.2) is 66.7 Å². The van der Waals surface area contributed by atoms with Gasteiger partial charge in [0.15, 0.2) is 0 Å². The first-order chi connectivity index (χ1) is 14.9. The van der Waals surface area contributed by atoms with Crippen molar-refractivity contribution in [2.24, 2.45) is 0 Å². The maximum atomic E-state index is 12.5. The number of carbonyl (C=O) groups is 2. The van der Waals surface area contributed by atoms with Gasteiger partial charge < -0.3 is 16.0 Å². The van der Waals surface area contributed by atoms with E-state index in [-0.39, 0.29) is 22.8 Å². The molecule has 0 heterocycles. The average Bonchev–Trinajstić information content (AvgIpc) is 2.78. The predicted octanol–water partition coefficient (Wildman–Crippen LogP) is 4.47. The van der Waals surface area contributed by atoms with Crippen molar-refractivity contribution in [1.82, 2.24) is 5.32 Å². The van der Waals surface area contributed by atoms with Crippen LogP contribution in [0.1, 0.15) is 26.3 Å². The molecule has 0 saturated carbocycles. The number of anilines is 2. The summed E-state index contributed by atoms with van der Waals surface area (Å²) in [4.78, 5) is 35.1. The van der Waals surface area contributed by atoms with Crippen LogP contribution < -0.4 is 16.0 Å². The fourth-order valence-corrected chi connectivity index (χ4v) is 3.06. The van der Waals surface area contributed by atoms with Crippen molar-refractivity contribution < 1.29 is 14.5 Å². The Bertz CT molecular complexity index is 1130. The molecule has 0 atom stereocenters. The highest BCUT2D eigenvalue weighted by molar-refractivity contribution is 6.31. The van der Waals surface area contributed by atoms with Crippen molar-refractivity contribution >= 4 is 40.5 Å². The van der Waals surface area contributed by atoms with Crippen molar-refractivity contribution in [2.75, 3.05) is 17.7 Å².